The Morgan fingerprint density at radius 2 is 1.69 bits per heavy atom. The summed E-state index contributed by atoms with van der Waals surface area (Å²) >= 11 is 5.01. The molecular formula is C20H16N4O4S. The lowest BCUT2D eigenvalue weighted by molar-refractivity contribution is -0.384. The maximum absolute atomic E-state index is 12.3. The van der Waals surface area contributed by atoms with Crippen LogP contribution in [0.25, 0.3) is 10.8 Å². The van der Waals surface area contributed by atoms with Gasteiger partial charge >= 0.3 is 0 Å². The second kappa shape index (κ2) is 8.89. The standard InChI is InChI=1S/C20H16N4O4S/c25-18(12-14-7-3-6-13-5-1-2-10-17(13)14)21-20(29)23-22-19(26)15-8-4-9-16(11-15)24(27)28/h1-11H,12H2,(H,22,26)(H2,21,23,25,29). The molecule has 146 valence electrons. The molecule has 0 spiro atoms. The summed E-state index contributed by atoms with van der Waals surface area (Å²) in [5, 5.41) is 15.2. The summed E-state index contributed by atoms with van der Waals surface area (Å²) in [4.78, 5) is 34.5. The van der Waals surface area contributed by atoms with Crippen LogP contribution in [0.15, 0.2) is 66.7 Å². The molecule has 0 unspecified atom stereocenters. The van der Waals surface area contributed by atoms with Crippen LogP contribution in [0.1, 0.15) is 15.9 Å². The fourth-order valence-corrected chi connectivity index (χ4v) is 2.93. The van der Waals surface area contributed by atoms with E-state index in [-0.39, 0.29) is 28.7 Å². The van der Waals surface area contributed by atoms with Crippen LogP contribution in [-0.2, 0) is 11.2 Å². The van der Waals surface area contributed by atoms with Gasteiger partial charge in [0.1, 0.15) is 0 Å². The maximum Gasteiger partial charge on any atom is 0.270 e. The number of nitrogens with one attached hydrogen (secondary N) is 3. The zero-order valence-corrected chi connectivity index (χ0v) is 15.9. The number of nitro benzene ring substituents is 1. The molecule has 0 aliphatic heterocycles. The van der Waals surface area contributed by atoms with Crippen LogP contribution in [-0.4, -0.2) is 21.9 Å². The average Bonchev–Trinajstić information content (AvgIpc) is 2.72. The third-order valence-corrected chi connectivity index (χ3v) is 4.30. The smallest absolute Gasteiger partial charge is 0.270 e. The van der Waals surface area contributed by atoms with Gasteiger partial charge in [-0.15, -0.1) is 0 Å². The highest BCUT2D eigenvalue weighted by Crippen LogP contribution is 2.18. The SMILES string of the molecule is O=C(Cc1cccc2ccccc12)NC(=S)NNC(=O)c1cccc([N+](=O)[O-])c1. The van der Waals surface area contributed by atoms with Crippen LogP contribution >= 0.6 is 12.2 Å². The van der Waals surface area contributed by atoms with Gasteiger partial charge in [-0.2, -0.15) is 0 Å². The van der Waals surface area contributed by atoms with E-state index in [9.17, 15) is 19.7 Å². The van der Waals surface area contributed by atoms with Crippen molar-refractivity contribution < 1.29 is 14.5 Å². The van der Waals surface area contributed by atoms with Gasteiger partial charge in [-0.05, 0) is 34.6 Å². The molecule has 29 heavy (non-hydrogen) atoms. The molecule has 0 bridgehead atoms. The number of hydrogen-bond acceptors (Lipinski definition) is 5. The Morgan fingerprint density at radius 1 is 0.966 bits per heavy atom. The number of amides is 2. The van der Waals surface area contributed by atoms with Crippen LogP contribution in [0, 0.1) is 10.1 Å². The van der Waals surface area contributed by atoms with Crippen molar-refractivity contribution in [1.82, 2.24) is 16.2 Å². The molecule has 0 radical (unpaired) electrons. The minimum atomic E-state index is -0.626. The Hall–Kier alpha value is -3.85. The monoisotopic (exact) mass is 408 g/mol. The van der Waals surface area contributed by atoms with Crippen molar-refractivity contribution in [3.63, 3.8) is 0 Å². The van der Waals surface area contributed by atoms with Crippen LogP contribution < -0.4 is 16.2 Å². The molecule has 3 N–H and O–H groups in total. The van der Waals surface area contributed by atoms with Gasteiger partial charge in [0, 0.05) is 17.7 Å². The molecule has 0 fully saturated rings. The number of thiocarbonyl (C=S) groups is 1. The summed E-state index contributed by atoms with van der Waals surface area (Å²) in [5.41, 5.74) is 5.44. The Balaban J connectivity index is 1.55. The molecule has 3 aromatic carbocycles. The summed E-state index contributed by atoms with van der Waals surface area (Å²) in [5.74, 6) is -0.970. The Morgan fingerprint density at radius 3 is 2.48 bits per heavy atom. The van der Waals surface area contributed by atoms with E-state index < -0.39 is 10.8 Å². The molecule has 0 aromatic heterocycles. The summed E-state index contributed by atoms with van der Waals surface area (Å²) in [6.07, 6.45) is 0.113. The highest BCUT2D eigenvalue weighted by molar-refractivity contribution is 7.80. The Bertz CT molecular complexity index is 1110. The molecule has 0 saturated carbocycles. The van der Waals surface area contributed by atoms with Gasteiger partial charge in [0.15, 0.2) is 5.11 Å². The molecule has 3 aromatic rings. The van der Waals surface area contributed by atoms with Gasteiger partial charge < -0.3 is 5.32 Å². The van der Waals surface area contributed by atoms with Crippen LogP contribution in [0.2, 0.25) is 0 Å². The van der Waals surface area contributed by atoms with Crippen LogP contribution in [0.3, 0.4) is 0 Å². The molecule has 0 atom stereocenters. The number of benzene rings is 3. The minimum Gasteiger partial charge on any atom is -0.302 e. The first-order valence-corrected chi connectivity index (χ1v) is 8.96. The second-order valence-corrected chi connectivity index (χ2v) is 6.49. The van der Waals surface area contributed by atoms with E-state index in [4.69, 9.17) is 12.2 Å². The number of hydrogen-bond donors (Lipinski definition) is 3. The van der Waals surface area contributed by atoms with Gasteiger partial charge in [0.2, 0.25) is 5.91 Å². The number of hydrazine groups is 1. The third kappa shape index (κ3) is 5.11. The molecule has 3 rings (SSSR count). The number of carbonyl (C=O) groups is 2. The molecular weight excluding hydrogens is 392 g/mol. The van der Waals surface area contributed by atoms with E-state index in [2.05, 4.69) is 16.2 Å². The lowest BCUT2D eigenvalue weighted by atomic mass is 10.0. The van der Waals surface area contributed by atoms with Gasteiger partial charge in [0.05, 0.1) is 11.3 Å². The van der Waals surface area contributed by atoms with Crippen molar-refractivity contribution in [2.45, 2.75) is 6.42 Å². The average molecular weight is 408 g/mol. The summed E-state index contributed by atoms with van der Waals surface area (Å²) < 4.78 is 0. The highest BCUT2D eigenvalue weighted by Gasteiger charge is 2.13. The number of nitrogens with zero attached hydrogens (tertiary/aromatic N) is 1. The van der Waals surface area contributed by atoms with Crippen molar-refractivity contribution in [2.75, 3.05) is 0 Å². The molecule has 9 heteroatoms. The van der Waals surface area contributed by atoms with E-state index >= 15 is 0 Å². The number of non-ortho nitro benzene ring substituents is 1. The fraction of sp³-hybridized carbons (Fsp3) is 0.0500. The van der Waals surface area contributed by atoms with Crippen LogP contribution in [0.4, 0.5) is 5.69 Å². The lowest BCUT2D eigenvalue weighted by Gasteiger charge is -2.11. The zero-order valence-electron chi connectivity index (χ0n) is 15.0. The second-order valence-electron chi connectivity index (χ2n) is 6.08. The van der Waals surface area contributed by atoms with E-state index in [1.165, 1.54) is 18.2 Å². The van der Waals surface area contributed by atoms with Gasteiger partial charge in [-0.3, -0.25) is 30.6 Å². The first-order chi connectivity index (χ1) is 13.9. The quantitative estimate of drug-likeness (QED) is 0.347. The fourth-order valence-electron chi connectivity index (χ4n) is 2.77. The summed E-state index contributed by atoms with van der Waals surface area (Å²) in [6.45, 7) is 0. The Labute approximate surface area is 171 Å². The highest BCUT2D eigenvalue weighted by atomic mass is 32.1. The minimum absolute atomic E-state index is 0.0802. The summed E-state index contributed by atoms with van der Waals surface area (Å²) in [6, 6.07) is 18.7. The van der Waals surface area contributed by atoms with Gasteiger partial charge in [-0.25, -0.2) is 0 Å². The van der Waals surface area contributed by atoms with Crippen molar-refractivity contribution in [1.29, 1.82) is 0 Å². The van der Waals surface area contributed by atoms with E-state index in [1.54, 1.807) is 0 Å². The lowest BCUT2D eigenvalue weighted by Crippen LogP contribution is -2.48. The molecule has 0 aliphatic rings. The molecule has 2 amide bonds. The third-order valence-electron chi connectivity index (χ3n) is 4.09. The van der Waals surface area contributed by atoms with Crippen molar-refractivity contribution >= 4 is 45.6 Å². The van der Waals surface area contributed by atoms with E-state index in [1.807, 2.05) is 42.5 Å². The van der Waals surface area contributed by atoms with Gasteiger partial charge in [0.25, 0.3) is 11.6 Å². The molecule has 0 heterocycles. The topological polar surface area (TPSA) is 113 Å². The van der Waals surface area contributed by atoms with Crippen molar-refractivity contribution in [3.05, 3.63) is 88.0 Å². The summed E-state index contributed by atoms with van der Waals surface area (Å²) in [7, 11) is 0. The predicted molar refractivity (Wildman–Crippen MR) is 112 cm³/mol. The van der Waals surface area contributed by atoms with E-state index in [0.29, 0.717) is 0 Å². The normalized spacial score (nSPS) is 10.2. The first-order valence-electron chi connectivity index (χ1n) is 8.55. The number of rotatable bonds is 4. The number of nitro groups is 1. The van der Waals surface area contributed by atoms with Gasteiger partial charge in [-0.1, -0.05) is 48.5 Å². The number of fused-ring (bicyclic) bond motifs is 1. The largest absolute Gasteiger partial charge is 0.302 e. The van der Waals surface area contributed by atoms with E-state index in [0.717, 1.165) is 22.4 Å². The molecule has 0 aliphatic carbocycles. The Kier molecular flexibility index (Phi) is 6.10. The van der Waals surface area contributed by atoms with Crippen molar-refractivity contribution in [2.24, 2.45) is 0 Å². The molecule has 8 nitrogen and oxygen atoms in total. The predicted octanol–water partition coefficient (Wildman–Crippen LogP) is 2.63. The first kappa shape index (κ1) is 19.9. The maximum atomic E-state index is 12.3. The van der Waals surface area contributed by atoms with Crippen molar-refractivity contribution in [3.8, 4) is 0 Å². The number of carbonyl (C=O) groups excluding carboxylic acids is 2. The zero-order chi connectivity index (χ0) is 20.8. The molecule has 0 saturated heterocycles. The van der Waals surface area contributed by atoms with Crippen LogP contribution in [0.5, 0.6) is 0 Å².